The summed E-state index contributed by atoms with van der Waals surface area (Å²) in [5.41, 5.74) is 2.48. The number of amides is 2. The summed E-state index contributed by atoms with van der Waals surface area (Å²) in [6.45, 7) is 6.70. The lowest BCUT2D eigenvalue weighted by molar-refractivity contribution is -0.121. The van der Waals surface area contributed by atoms with Crippen LogP contribution in [0.15, 0.2) is 29.6 Å². The van der Waals surface area contributed by atoms with Crippen molar-refractivity contribution in [2.75, 3.05) is 18.0 Å². The van der Waals surface area contributed by atoms with E-state index in [-0.39, 0.29) is 24.4 Å². The largest absolute Gasteiger partial charge is 0.323 e. The van der Waals surface area contributed by atoms with Gasteiger partial charge in [-0.2, -0.15) is 0 Å². The first kappa shape index (κ1) is 18.6. The van der Waals surface area contributed by atoms with Crippen LogP contribution < -0.4 is 4.90 Å². The second-order valence-electron chi connectivity index (χ2n) is 6.82. The third kappa shape index (κ3) is 3.96. The number of piperazine rings is 1. The number of hydrogen-bond acceptors (Lipinski definition) is 4. The average Bonchev–Trinajstić information content (AvgIpc) is 3.06. The van der Waals surface area contributed by atoms with Crippen molar-refractivity contribution in [3.05, 3.63) is 45.9 Å². The number of carbonyl (C=O) groups is 2. The molecule has 1 aromatic heterocycles. The lowest BCUT2D eigenvalue weighted by Crippen LogP contribution is -2.58. The Bertz CT molecular complexity index is 802. The molecule has 1 aromatic carbocycles. The molecular formula is C20H25N3O2S. The fourth-order valence-corrected chi connectivity index (χ4v) is 3.94. The van der Waals surface area contributed by atoms with Gasteiger partial charge < -0.3 is 9.80 Å². The van der Waals surface area contributed by atoms with Gasteiger partial charge in [-0.15, -0.1) is 11.3 Å². The van der Waals surface area contributed by atoms with Gasteiger partial charge in [0.2, 0.25) is 5.91 Å². The van der Waals surface area contributed by atoms with Gasteiger partial charge in [0.25, 0.3) is 5.91 Å². The average molecular weight is 372 g/mol. The Kier molecular flexibility index (Phi) is 5.71. The van der Waals surface area contributed by atoms with Crippen LogP contribution in [0.3, 0.4) is 0 Å². The van der Waals surface area contributed by atoms with Crippen molar-refractivity contribution in [3.8, 4) is 0 Å². The summed E-state index contributed by atoms with van der Waals surface area (Å²) in [7, 11) is 0. The van der Waals surface area contributed by atoms with E-state index in [9.17, 15) is 9.59 Å². The van der Waals surface area contributed by atoms with E-state index in [2.05, 4.69) is 11.9 Å². The highest BCUT2D eigenvalue weighted by molar-refractivity contribution is 7.09. The number of aromatic nitrogens is 1. The highest BCUT2D eigenvalue weighted by atomic mass is 32.1. The van der Waals surface area contributed by atoms with Crippen LogP contribution in [0.5, 0.6) is 0 Å². The van der Waals surface area contributed by atoms with E-state index in [0.29, 0.717) is 12.2 Å². The van der Waals surface area contributed by atoms with E-state index in [1.54, 1.807) is 10.3 Å². The number of hydrogen-bond donors (Lipinski definition) is 0. The van der Waals surface area contributed by atoms with Gasteiger partial charge in [-0.05, 0) is 38.0 Å². The zero-order valence-electron chi connectivity index (χ0n) is 15.6. The lowest BCUT2D eigenvalue weighted by Gasteiger charge is -2.41. The second kappa shape index (κ2) is 7.99. The Morgan fingerprint density at radius 2 is 2.15 bits per heavy atom. The number of nitrogens with zero attached hydrogens (tertiary/aromatic N) is 3. The summed E-state index contributed by atoms with van der Waals surface area (Å²) in [4.78, 5) is 33.6. The molecule has 3 rings (SSSR count). The Hall–Kier alpha value is -2.21. The van der Waals surface area contributed by atoms with Gasteiger partial charge in [0, 0.05) is 17.6 Å². The van der Waals surface area contributed by atoms with Gasteiger partial charge in [0.05, 0.1) is 11.0 Å². The van der Waals surface area contributed by atoms with Crippen LogP contribution in [0.1, 0.15) is 47.2 Å². The molecule has 0 bridgehead atoms. The standard InChI is InChI=1S/C20H25N3O2S/c1-4-5-8-17-11-22(16-9-6-7-14(2)10-16)19(24)12-23(17)20(25)18-13-26-15(3)21-18/h6-7,9-10,13,17H,4-5,8,11-12H2,1-3H3. The molecule has 1 saturated heterocycles. The molecule has 0 N–H and O–H groups in total. The first-order valence-corrected chi connectivity index (χ1v) is 9.97. The van der Waals surface area contributed by atoms with Gasteiger partial charge in [-0.3, -0.25) is 9.59 Å². The number of benzene rings is 1. The van der Waals surface area contributed by atoms with E-state index >= 15 is 0 Å². The zero-order chi connectivity index (χ0) is 18.7. The molecule has 26 heavy (non-hydrogen) atoms. The summed E-state index contributed by atoms with van der Waals surface area (Å²) in [5.74, 6) is -0.170. The fourth-order valence-electron chi connectivity index (χ4n) is 3.35. The molecule has 2 heterocycles. The van der Waals surface area contributed by atoms with E-state index in [1.807, 2.05) is 43.0 Å². The predicted octanol–water partition coefficient (Wildman–Crippen LogP) is 3.81. The third-order valence-electron chi connectivity index (χ3n) is 4.74. The summed E-state index contributed by atoms with van der Waals surface area (Å²) < 4.78 is 0. The van der Waals surface area contributed by atoms with Crippen molar-refractivity contribution in [1.29, 1.82) is 0 Å². The van der Waals surface area contributed by atoms with Crippen LogP contribution in [0.25, 0.3) is 0 Å². The van der Waals surface area contributed by atoms with Gasteiger partial charge in [-0.25, -0.2) is 4.98 Å². The Morgan fingerprint density at radius 3 is 2.81 bits per heavy atom. The smallest absolute Gasteiger partial charge is 0.274 e. The van der Waals surface area contributed by atoms with Crippen molar-refractivity contribution >= 4 is 28.8 Å². The molecule has 6 heteroatoms. The predicted molar refractivity (Wildman–Crippen MR) is 105 cm³/mol. The number of carbonyl (C=O) groups excluding carboxylic acids is 2. The lowest BCUT2D eigenvalue weighted by atomic mass is 10.0. The minimum Gasteiger partial charge on any atom is -0.323 e. The second-order valence-corrected chi connectivity index (χ2v) is 7.89. The van der Waals surface area contributed by atoms with Crippen molar-refractivity contribution in [2.24, 2.45) is 0 Å². The van der Waals surface area contributed by atoms with Crippen LogP contribution >= 0.6 is 11.3 Å². The molecule has 1 unspecified atom stereocenters. The highest BCUT2D eigenvalue weighted by Gasteiger charge is 2.36. The van der Waals surface area contributed by atoms with Crippen LogP contribution in [0.4, 0.5) is 5.69 Å². The molecule has 0 aliphatic carbocycles. The maximum Gasteiger partial charge on any atom is 0.274 e. The minimum atomic E-state index is -0.132. The number of anilines is 1. The molecule has 5 nitrogen and oxygen atoms in total. The van der Waals surface area contributed by atoms with E-state index in [1.165, 1.54) is 11.3 Å². The highest BCUT2D eigenvalue weighted by Crippen LogP contribution is 2.25. The normalized spacial score (nSPS) is 17.7. The molecule has 1 aliphatic rings. The number of thiazole rings is 1. The van der Waals surface area contributed by atoms with E-state index < -0.39 is 0 Å². The first-order chi connectivity index (χ1) is 12.5. The molecule has 2 aromatic rings. The number of aryl methyl sites for hydroxylation is 2. The fraction of sp³-hybridized carbons (Fsp3) is 0.450. The van der Waals surface area contributed by atoms with Crippen LogP contribution in [0, 0.1) is 13.8 Å². The van der Waals surface area contributed by atoms with Gasteiger partial charge in [0.1, 0.15) is 12.2 Å². The molecule has 0 radical (unpaired) electrons. The summed E-state index contributed by atoms with van der Waals surface area (Å²) >= 11 is 1.46. The number of unbranched alkanes of at least 4 members (excludes halogenated alkanes) is 1. The maximum atomic E-state index is 12.9. The molecule has 138 valence electrons. The first-order valence-electron chi connectivity index (χ1n) is 9.09. The van der Waals surface area contributed by atoms with E-state index in [4.69, 9.17) is 0 Å². The maximum absolute atomic E-state index is 12.9. The Balaban J connectivity index is 1.85. The van der Waals surface area contributed by atoms with E-state index in [0.717, 1.165) is 35.5 Å². The van der Waals surface area contributed by atoms with Crippen LogP contribution in [-0.2, 0) is 4.79 Å². The Labute approximate surface area is 158 Å². The molecule has 1 aliphatic heterocycles. The molecule has 1 atom stereocenters. The zero-order valence-corrected chi connectivity index (χ0v) is 16.4. The Morgan fingerprint density at radius 1 is 1.35 bits per heavy atom. The molecule has 0 spiro atoms. The molecule has 2 amide bonds. The van der Waals surface area contributed by atoms with Gasteiger partial charge >= 0.3 is 0 Å². The monoisotopic (exact) mass is 371 g/mol. The van der Waals surface area contributed by atoms with Crippen LogP contribution in [-0.4, -0.2) is 40.8 Å². The van der Waals surface area contributed by atoms with Crippen molar-refractivity contribution in [3.63, 3.8) is 0 Å². The quantitative estimate of drug-likeness (QED) is 0.803. The van der Waals surface area contributed by atoms with Crippen molar-refractivity contribution < 1.29 is 9.59 Å². The SMILES string of the molecule is CCCCC1CN(c2cccc(C)c2)C(=O)CN1C(=O)c1csc(C)n1. The minimum absolute atomic E-state index is 0.0164. The molecule has 1 fully saturated rings. The van der Waals surface area contributed by atoms with Crippen molar-refractivity contribution in [1.82, 2.24) is 9.88 Å². The topological polar surface area (TPSA) is 53.5 Å². The molecule has 0 saturated carbocycles. The molecular weight excluding hydrogens is 346 g/mol. The van der Waals surface area contributed by atoms with Crippen LogP contribution in [0.2, 0.25) is 0 Å². The van der Waals surface area contributed by atoms with Gasteiger partial charge in [0.15, 0.2) is 0 Å². The third-order valence-corrected chi connectivity index (χ3v) is 5.52. The summed E-state index contributed by atoms with van der Waals surface area (Å²) in [6, 6.07) is 7.99. The van der Waals surface area contributed by atoms with Gasteiger partial charge in [-0.1, -0.05) is 31.9 Å². The number of rotatable bonds is 5. The van der Waals surface area contributed by atoms with Crippen molar-refractivity contribution in [2.45, 2.75) is 46.1 Å². The summed E-state index contributed by atoms with van der Waals surface area (Å²) in [5, 5.41) is 2.65. The summed E-state index contributed by atoms with van der Waals surface area (Å²) in [6.07, 6.45) is 2.98.